The molecule has 1 atom stereocenters. The molecule has 1 saturated heterocycles. The van der Waals surface area contributed by atoms with E-state index in [-0.39, 0.29) is 11.3 Å². The van der Waals surface area contributed by atoms with E-state index >= 15 is 0 Å². The number of urea groups is 1. The number of carbonyl (C=O) groups is 4. The van der Waals surface area contributed by atoms with E-state index < -0.39 is 36.0 Å². The lowest BCUT2D eigenvalue weighted by atomic mass is 10.00. The van der Waals surface area contributed by atoms with Crippen LogP contribution in [0.1, 0.15) is 49.0 Å². The first-order valence-electron chi connectivity index (χ1n) is 7.82. The minimum Gasteiger partial charge on any atom is -0.452 e. The van der Waals surface area contributed by atoms with Gasteiger partial charge in [0.05, 0.1) is 5.69 Å². The first kappa shape index (κ1) is 18.4. The van der Waals surface area contributed by atoms with Crippen molar-refractivity contribution in [2.24, 2.45) is 0 Å². The number of hydrogen-bond donors (Lipinski definition) is 2. The number of hydrogen-bond acceptors (Lipinski definition) is 7. The minimum absolute atomic E-state index is 0.170. The van der Waals surface area contributed by atoms with E-state index in [1.807, 2.05) is 0 Å². The second-order valence-corrected chi connectivity index (χ2v) is 5.78. The third-order valence-corrected chi connectivity index (χ3v) is 4.01. The van der Waals surface area contributed by atoms with Gasteiger partial charge in [-0.2, -0.15) is 5.01 Å². The molecule has 2 rings (SSSR count). The fourth-order valence-electron chi connectivity index (χ4n) is 2.31. The Hall–Kier alpha value is -2.91. The van der Waals surface area contributed by atoms with Gasteiger partial charge >= 0.3 is 12.0 Å². The van der Waals surface area contributed by atoms with E-state index in [1.54, 1.807) is 27.7 Å². The van der Waals surface area contributed by atoms with Gasteiger partial charge in [0.25, 0.3) is 11.8 Å². The van der Waals surface area contributed by atoms with Crippen molar-refractivity contribution in [3.63, 3.8) is 0 Å². The minimum atomic E-state index is -1.07. The summed E-state index contributed by atoms with van der Waals surface area (Å²) in [5.74, 6) is -1.87. The number of hydrazine groups is 1. The van der Waals surface area contributed by atoms with Crippen LogP contribution in [0.25, 0.3) is 0 Å². The average molecular weight is 352 g/mol. The number of rotatable bonds is 6. The topological polar surface area (TPSA) is 131 Å². The first-order valence-corrected chi connectivity index (χ1v) is 7.82. The molecule has 1 unspecified atom stereocenters. The van der Waals surface area contributed by atoms with Crippen molar-refractivity contribution in [3.05, 3.63) is 17.0 Å². The fourth-order valence-corrected chi connectivity index (χ4v) is 2.31. The summed E-state index contributed by atoms with van der Waals surface area (Å²) >= 11 is 0. The van der Waals surface area contributed by atoms with Crippen LogP contribution in [0.2, 0.25) is 0 Å². The van der Waals surface area contributed by atoms with Crippen molar-refractivity contribution in [3.8, 4) is 0 Å². The Labute approximate surface area is 143 Å². The SMILES string of the molecule is CCc1noc(C)c1C(=O)OCC(=O)NN1C(=O)NC(C)(CC)C1=O. The Balaban J connectivity index is 1.95. The summed E-state index contributed by atoms with van der Waals surface area (Å²) in [6.07, 6.45) is 0.831. The van der Waals surface area contributed by atoms with Crippen LogP contribution in [0, 0.1) is 6.92 Å². The number of aryl methyl sites for hydroxylation is 2. The van der Waals surface area contributed by atoms with Gasteiger partial charge in [0.15, 0.2) is 6.61 Å². The molecule has 10 heteroatoms. The highest BCUT2D eigenvalue weighted by atomic mass is 16.5. The Bertz CT molecular complexity index is 728. The monoisotopic (exact) mass is 352 g/mol. The van der Waals surface area contributed by atoms with Gasteiger partial charge in [0.1, 0.15) is 16.9 Å². The standard InChI is InChI=1S/C15H20N4O6/c1-5-9-11(8(3)25-18-9)12(21)24-7-10(20)17-19-13(22)15(4,6-2)16-14(19)23/h5-7H2,1-4H3,(H,16,23)(H,17,20). The summed E-state index contributed by atoms with van der Waals surface area (Å²) in [5, 5.41) is 6.80. The largest absolute Gasteiger partial charge is 0.452 e. The molecule has 0 radical (unpaired) electrons. The highest BCUT2D eigenvalue weighted by Crippen LogP contribution is 2.19. The van der Waals surface area contributed by atoms with Crippen molar-refractivity contribution in [1.82, 2.24) is 20.9 Å². The van der Waals surface area contributed by atoms with Crippen LogP contribution < -0.4 is 10.7 Å². The van der Waals surface area contributed by atoms with Crippen LogP contribution in [0.3, 0.4) is 0 Å². The highest BCUT2D eigenvalue weighted by Gasteiger charge is 2.47. The lowest BCUT2D eigenvalue weighted by molar-refractivity contribution is -0.139. The number of esters is 1. The van der Waals surface area contributed by atoms with Gasteiger partial charge in [0, 0.05) is 0 Å². The number of nitrogens with one attached hydrogen (secondary N) is 2. The van der Waals surface area contributed by atoms with Gasteiger partial charge in [0.2, 0.25) is 0 Å². The number of aromatic nitrogens is 1. The van der Waals surface area contributed by atoms with Crippen LogP contribution in [-0.4, -0.2) is 46.1 Å². The third kappa shape index (κ3) is 3.47. The highest BCUT2D eigenvalue weighted by molar-refractivity contribution is 6.07. The lowest BCUT2D eigenvalue weighted by Crippen LogP contribution is -2.49. The molecule has 0 aromatic carbocycles. The summed E-state index contributed by atoms with van der Waals surface area (Å²) in [4.78, 5) is 47.9. The van der Waals surface area contributed by atoms with Crippen molar-refractivity contribution >= 4 is 23.8 Å². The van der Waals surface area contributed by atoms with Gasteiger partial charge in [-0.1, -0.05) is 19.0 Å². The zero-order valence-electron chi connectivity index (χ0n) is 14.5. The molecule has 25 heavy (non-hydrogen) atoms. The second-order valence-electron chi connectivity index (χ2n) is 5.78. The molecule has 0 bridgehead atoms. The zero-order valence-corrected chi connectivity index (χ0v) is 14.5. The molecule has 1 aromatic rings. The van der Waals surface area contributed by atoms with E-state index in [0.717, 1.165) is 0 Å². The molecule has 2 N–H and O–H groups in total. The molecule has 136 valence electrons. The molecular weight excluding hydrogens is 332 g/mol. The quantitative estimate of drug-likeness (QED) is 0.561. The summed E-state index contributed by atoms with van der Waals surface area (Å²) in [6, 6.07) is -0.739. The normalized spacial score (nSPS) is 19.8. The second kappa shape index (κ2) is 6.91. The fraction of sp³-hybridized carbons (Fsp3) is 0.533. The predicted molar refractivity (Wildman–Crippen MR) is 83.1 cm³/mol. The zero-order chi connectivity index (χ0) is 18.8. The molecule has 1 fully saturated rings. The molecule has 1 aromatic heterocycles. The van der Waals surface area contributed by atoms with Crippen molar-refractivity contribution in [2.75, 3.05) is 6.61 Å². The molecule has 0 saturated carbocycles. The van der Waals surface area contributed by atoms with Crippen LogP contribution in [0.5, 0.6) is 0 Å². The maximum atomic E-state index is 12.2. The third-order valence-electron chi connectivity index (χ3n) is 4.01. The van der Waals surface area contributed by atoms with Crippen LogP contribution in [0.4, 0.5) is 4.79 Å². The number of nitrogens with zero attached hydrogens (tertiary/aromatic N) is 2. The van der Waals surface area contributed by atoms with E-state index in [0.29, 0.717) is 23.5 Å². The first-order chi connectivity index (χ1) is 11.7. The summed E-state index contributed by atoms with van der Waals surface area (Å²) < 4.78 is 9.84. The predicted octanol–water partition coefficient (Wildman–Crippen LogP) is 0.454. The molecule has 0 aliphatic carbocycles. The molecule has 0 spiro atoms. The molecule has 1 aliphatic rings. The van der Waals surface area contributed by atoms with Crippen LogP contribution in [-0.2, 0) is 20.7 Å². The summed E-state index contributed by atoms with van der Waals surface area (Å²) in [7, 11) is 0. The molecule has 10 nitrogen and oxygen atoms in total. The Morgan fingerprint density at radius 2 is 2.04 bits per heavy atom. The lowest BCUT2D eigenvalue weighted by Gasteiger charge is -2.19. The van der Waals surface area contributed by atoms with E-state index in [2.05, 4.69) is 15.9 Å². The number of ether oxygens (including phenoxy) is 1. The van der Waals surface area contributed by atoms with E-state index in [4.69, 9.17) is 9.26 Å². The maximum Gasteiger partial charge on any atom is 0.344 e. The number of amides is 4. The van der Waals surface area contributed by atoms with Gasteiger partial charge in [-0.15, -0.1) is 0 Å². The molecular formula is C15H20N4O6. The van der Waals surface area contributed by atoms with Gasteiger partial charge in [-0.25, -0.2) is 9.59 Å². The maximum absolute atomic E-state index is 12.2. The average Bonchev–Trinajstić information content (AvgIpc) is 3.05. The van der Waals surface area contributed by atoms with Crippen molar-refractivity contribution in [1.29, 1.82) is 0 Å². The van der Waals surface area contributed by atoms with Crippen LogP contribution >= 0.6 is 0 Å². The number of imide groups is 1. The number of carbonyl (C=O) groups excluding carboxylic acids is 4. The van der Waals surface area contributed by atoms with Crippen molar-refractivity contribution < 1.29 is 28.4 Å². The molecule has 2 heterocycles. The Morgan fingerprint density at radius 1 is 1.36 bits per heavy atom. The van der Waals surface area contributed by atoms with E-state index in [9.17, 15) is 19.2 Å². The summed E-state index contributed by atoms with van der Waals surface area (Å²) in [6.45, 7) is 5.98. The molecule has 1 aliphatic heterocycles. The van der Waals surface area contributed by atoms with Gasteiger partial charge in [-0.05, 0) is 26.7 Å². The van der Waals surface area contributed by atoms with Gasteiger partial charge in [-0.3, -0.25) is 15.0 Å². The van der Waals surface area contributed by atoms with E-state index in [1.165, 1.54) is 0 Å². The smallest absolute Gasteiger partial charge is 0.344 e. The van der Waals surface area contributed by atoms with Crippen LogP contribution in [0.15, 0.2) is 4.52 Å². The summed E-state index contributed by atoms with van der Waals surface area (Å²) in [5.41, 5.74) is 1.65. The van der Waals surface area contributed by atoms with Crippen molar-refractivity contribution in [2.45, 2.75) is 46.1 Å². The van der Waals surface area contributed by atoms with Gasteiger partial charge < -0.3 is 14.6 Å². The Morgan fingerprint density at radius 3 is 2.60 bits per heavy atom. The molecule has 4 amide bonds. The Kier molecular flexibility index (Phi) is 5.10.